The predicted octanol–water partition coefficient (Wildman–Crippen LogP) is 3.57. The maximum Gasteiger partial charge on any atom is 0.191 e. The van der Waals surface area contributed by atoms with E-state index in [2.05, 4.69) is 29.9 Å². The quantitative estimate of drug-likeness (QED) is 0.280. The molecular formula is C17H32IN3OS. The summed E-state index contributed by atoms with van der Waals surface area (Å²) in [5.74, 6) is 0.988. The molecule has 1 heterocycles. The lowest BCUT2D eigenvalue weighted by Gasteiger charge is -2.29. The molecule has 0 aromatic carbocycles. The van der Waals surface area contributed by atoms with Crippen LogP contribution in [0.5, 0.6) is 0 Å². The highest BCUT2D eigenvalue weighted by molar-refractivity contribution is 14.0. The van der Waals surface area contributed by atoms with Crippen molar-refractivity contribution in [2.75, 3.05) is 32.6 Å². The third kappa shape index (κ3) is 8.12. The molecule has 2 N–H and O–H groups in total. The first kappa shape index (κ1) is 21.1. The lowest BCUT2D eigenvalue weighted by Crippen LogP contribution is -2.45. The van der Waals surface area contributed by atoms with Crippen LogP contribution in [0.15, 0.2) is 16.6 Å². The molecule has 1 saturated carbocycles. The highest BCUT2D eigenvalue weighted by atomic mass is 127. The van der Waals surface area contributed by atoms with Crippen molar-refractivity contribution >= 4 is 41.7 Å². The lowest BCUT2D eigenvalue weighted by molar-refractivity contribution is 0.153. The summed E-state index contributed by atoms with van der Waals surface area (Å²) >= 11 is 2.01. The monoisotopic (exact) mass is 453 g/mol. The van der Waals surface area contributed by atoms with E-state index in [9.17, 15) is 0 Å². The van der Waals surface area contributed by atoms with E-state index in [1.807, 2.05) is 11.8 Å². The summed E-state index contributed by atoms with van der Waals surface area (Å²) in [6.45, 7) is 5.55. The Bertz CT molecular complexity index is 390. The Labute approximate surface area is 162 Å². The molecule has 0 bridgehead atoms. The van der Waals surface area contributed by atoms with Gasteiger partial charge in [-0.05, 0) is 45.3 Å². The van der Waals surface area contributed by atoms with Gasteiger partial charge in [-0.2, -0.15) is 11.8 Å². The fraction of sp³-hybridized carbons (Fsp3) is 0.824. The van der Waals surface area contributed by atoms with Crippen molar-refractivity contribution < 1.29 is 4.74 Å². The molecule has 0 amide bonds. The summed E-state index contributed by atoms with van der Waals surface area (Å²) in [6, 6.07) is 0.575. The maximum absolute atomic E-state index is 5.35. The number of nitrogens with zero attached hydrogens (tertiary/aromatic N) is 1. The Hall–Kier alpha value is 0.0500. The van der Waals surface area contributed by atoms with E-state index in [0.29, 0.717) is 6.04 Å². The predicted molar refractivity (Wildman–Crippen MR) is 112 cm³/mol. The summed E-state index contributed by atoms with van der Waals surface area (Å²) < 4.78 is 5.35. The van der Waals surface area contributed by atoms with Gasteiger partial charge < -0.3 is 15.4 Å². The number of nitrogens with one attached hydrogen (secondary N) is 2. The van der Waals surface area contributed by atoms with Crippen molar-refractivity contribution in [2.24, 2.45) is 4.99 Å². The first-order valence-electron chi connectivity index (χ1n) is 8.65. The minimum Gasteiger partial charge on any atom is -0.377 e. The third-order valence-electron chi connectivity index (χ3n) is 4.40. The van der Waals surface area contributed by atoms with Gasteiger partial charge in [0.2, 0.25) is 0 Å². The van der Waals surface area contributed by atoms with Crippen molar-refractivity contribution in [1.82, 2.24) is 10.6 Å². The molecule has 2 rings (SSSR count). The second-order valence-corrected chi connectivity index (χ2v) is 7.20. The highest BCUT2D eigenvalue weighted by Crippen LogP contribution is 2.26. The standard InChI is InChI=1S/C17H31N3OS.HI/c1-3-18-17(19-10-7-14-8-11-21-12-9-14)20-15-5-4-6-16(13-15)22-2;/h8,15-16H,3-7,9-13H2,1-2H3,(H2,18,19,20);1H. The van der Waals surface area contributed by atoms with Crippen LogP contribution in [0.1, 0.15) is 45.4 Å². The Morgan fingerprint density at radius 1 is 1.43 bits per heavy atom. The molecule has 6 heteroatoms. The SMILES string of the molecule is CCNC(=NCCC1=CCOCC1)NC1CCCC(SC)C1.I. The largest absolute Gasteiger partial charge is 0.377 e. The molecule has 1 aliphatic carbocycles. The first-order valence-corrected chi connectivity index (χ1v) is 9.94. The van der Waals surface area contributed by atoms with Gasteiger partial charge in [0, 0.05) is 24.4 Å². The lowest BCUT2D eigenvalue weighted by atomic mass is 9.95. The molecule has 0 radical (unpaired) electrons. The number of rotatable bonds is 6. The molecule has 2 atom stereocenters. The molecule has 134 valence electrons. The van der Waals surface area contributed by atoms with Crippen LogP contribution in [-0.4, -0.2) is 49.8 Å². The molecule has 1 aliphatic heterocycles. The Morgan fingerprint density at radius 2 is 2.30 bits per heavy atom. The zero-order chi connectivity index (χ0) is 15.6. The summed E-state index contributed by atoms with van der Waals surface area (Å²) in [5, 5.41) is 7.84. The second-order valence-electron chi connectivity index (χ2n) is 6.06. The molecule has 1 fully saturated rings. The summed E-state index contributed by atoms with van der Waals surface area (Å²) in [4.78, 5) is 4.76. The van der Waals surface area contributed by atoms with Gasteiger partial charge in [-0.1, -0.05) is 18.1 Å². The van der Waals surface area contributed by atoms with Crippen molar-refractivity contribution in [3.8, 4) is 0 Å². The maximum atomic E-state index is 5.35. The van der Waals surface area contributed by atoms with Gasteiger partial charge in [0.15, 0.2) is 5.96 Å². The third-order valence-corrected chi connectivity index (χ3v) is 5.50. The van der Waals surface area contributed by atoms with E-state index in [0.717, 1.165) is 50.4 Å². The van der Waals surface area contributed by atoms with Gasteiger partial charge in [0.05, 0.1) is 13.2 Å². The first-order chi connectivity index (χ1) is 10.8. The van der Waals surface area contributed by atoms with Crippen molar-refractivity contribution in [2.45, 2.75) is 56.7 Å². The van der Waals surface area contributed by atoms with Gasteiger partial charge in [-0.15, -0.1) is 24.0 Å². The Kier molecular flexibility index (Phi) is 11.4. The normalized spacial score (nSPS) is 25.3. The van der Waals surface area contributed by atoms with Crippen LogP contribution in [-0.2, 0) is 4.74 Å². The zero-order valence-electron chi connectivity index (χ0n) is 14.5. The van der Waals surface area contributed by atoms with E-state index in [4.69, 9.17) is 9.73 Å². The number of aliphatic imine (C=N–C) groups is 1. The zero-order valence-corrected chi connectivity index (χ0v) is 17.6. The van der Waals surface area contributed by atoms with Crippen LogP contribution in [0.2, 0.25) is 0 Å². The molecule has 2 unspecified atom stereocenters. The summed E-state index contributed by atoms with van der Waals surface area (Å²) in [6.07, 6.45) is 11.8. The van der Waals surface area contributed by atoms with Crippen LogP contribution < -0.4 is 10.6 Å². The number of thioether (sulfide) groups is 1. The molecule has 2 aliphatic rings. The van der Waals surface area contributed by atoms with E-state index in [1.54, 1.807) is 0 Å². The van der Waals surface area contributed by atoms with Crippen LogP contribution in [0, 0.1) is 0 Å². The minimum absolute atomic E-state index is 0. The topological polar surface area (TPSA) is 45.7 Å². The number of ether oxygens (including phenoxy) is 1. The van der Waals surface area contributed by atoms with Gasteiger partial charge in [0.25, 0.3) is 0 Å². The van der Waals surface area contributed by atoms with Crippen LogP contribution in [0.25, 0.3) is 0 Å². The van der Waals surface area contributed by atoms with E-state index >= 15 is 0 Å². The highest BCUT2D eigenvalue weighted by Gasteiger charge is 2.21. The molecule has 0 spiro atoms. The average Bonchev–Trinajstić information content (AvgIpc) is 2.56. The number of halogens is 1. The van der Waals surface area contributed by atoms with Gasteiger partial charge in [-0.3, -0.25) is 4.99 Å². The number of hydrogen-bond acceptors (Lipinski definition) is 3. The fourth-order valence-electron chi connectivity index (χ4n) is 3.11. The van der Waals surface area contributed by atoms with Crippen molar-refractivity contribution in [1.29, 1.82) is 0 Å². The van der Waals surface area contributed by atoms with Crippen LogP contribution in [0.3, 0.4) is 0 Å². The van der Waals surface area contributed by atoms with Gasteiger partial charge in [-0.25, -0.2) is 0 Å². The molecule has 4 nitrogen and oxygen atoms in total. The fourth-order valence-corrected chi connectivity index (χ4v) is 3.93. The Balaban J connectivity index is 0.00000264. The smallest absolute Gasteiger partial charge is 0.191 e. The second kappa shape index (κ2) is 12.4. The Morgan fingerprint density at radius 3 is 3.00 bits per heavy atom. The van der Waals surface area contributed by atoms with E-state index in [-0.39, 0.29) is 24.0 Å². The van der Waals surface area contributed by atoms with Gasteiger partial charge >= 0.3 is 0 Å². The van der Waals surface area contributed by atoms with E-state index < -0.39 is 0 Å². The van der Waals surface area contributed by atoms with Crippen LogP contribution in [0.4, 0.5) is 0 Å². The molecule has 23 heavy (non-hydrogen) atoms. The summed E-state index contributed by atoms with van der Waals surface area (Å²) in [5.41, 5.74) is 1.49. The van der Waals surface area contributed by atoms with E-state index in [1.165, 1.54) is 31.3 Å². The van der Waals surface area contributed by atoms with Gasteiger partial charge in [0.1, 0.15) is 0 Å². The average molecular weight is 453 g/mol. The number of guanidine groups is 1. The van der Waals surface area contributed by atoms with Crippen LogP contribution >= 0.6 is 35.7 Å². The molecular weight excluding hydrogens is 421 g/mol. The number of hydrogen-bond donors (Lipinski definition) is 2. The summed E-state index contributed by atoms with van der Waals surface area (Å²) in [7, 11) is 0. The molecule has 0 aromatic rings. The molecule has 0 aromatic heterocycles. The van der Waals surface area contributed by atoms with Crippen molar-refractivity contribution in [3.05, 3.63) is 11.6 Å². The molecule has 0 saturated heterocycles. The van der Waals surface area contributed by atoms with Crippen molar-refractivity contribution in [3.63, 3.8) is 0 Å². The minimum atomic E-state index is 0.